The van der Waals surface area contributed by atoms with Crippen LogP contribution in [0.25, 0.3) is 0 Å². The van der Waals surface area contributed by atoms with Crippen molar-refractivity contribution in [3.63, 3.8) is 0 Å². The Morgan fingerprint density at radius 1 is 1.33 bits per heavy atom. The molecule has 0 fully saturated rings. The smallest absolute Gasteiger partial charge is 0.226 e. The Bertz CT molecular complexity index is 347. The van der Waals surface area contributed by atoms with Gasteiger partial charge in [-0.05, 0) is 12.1 Å². The molecule has 4 nitrogen and oxygen atoms in total. The highest BCUT2D eigenvalue weighted by atomic mass is 16.5. The maximum Gasteiger partial charge on any atom is 0.226 e. The van der Waals surface area contributed by atoms with Crippen LogP contribution in [0, 0.1) is 5.92 Å². The Balaban J connectivity index is 2.78. The molecule has 0 radical (unpaired) electrons. The quantitative estimate of drug-likeness (QED) is 0.656. The molecule has 3 N–H and O–H groups in total. The van der Waals surface area contributed by atoms with E-state index in [9.17, 15) is 4.79 Å². The fraction of sp³-hybridized carbons (Fsp3) is 0.364. The second-order valence-corrected chi connectivity index (χ2v) is 3.64. The van der Waals surface area contributed by atoms with Crippen LogP contribution in [0.15, 0.2) is 24.3 Å². The summed E-state index contributed by atoms with van der Waals surface area (Å²) in [4.78, 5) is 11.4. The first kappa shape index (κ1) is 11.7. The molecule has 1 rings (SSSR count). The van der Waals surface area contributed by atoms with Crippen LogP contribution in [0.2, 0.25) is 0 Å². The third-order valence-corrected chi connectivity index (χ3v) is 1.98. The van der Waals surface area contributed by atoms with E-state index >= 15 is 0 Å². The number of hydrogen-bond donors (Lipinski definition) is 3. The zero-order chi connectivity index (χ0) is 11.4. The van der Waals surface area contributed by atoms with E-state index in [-0.39, 0.29) is 11.8 Å². The van der Waals surface area contributed by atoms with Gasteiger partial charge < -0.3 is 15.5 Å². The first-order valence-corrected chi connectivity index (χ1v) is 4.77. The van der Waals surface area contributed by atoms with Gasteiger partial charge in [0.2, 0.25) is 5.91 Å². The second-order valence-electron chi connectivity index (χ2n) is 3.64. The summed E-state index contributed by atoms with van der Waals surface area (Å²) in [5.74, 6) is -0.202. The van der Waals surface area contributed by atoms with E-state index in [4.69, 9.17) is 10.2 Å². The normalized spacial score (nSPS) is 10.8. The molecule has 0 aliphatic heterocycles. The van der Waals surface area contributed by atoms with E-state index in [1.807, 2.05) is 0 Å². The monoisotopic (exact) mass is 209 g/mol. The minimum atomic E-state index is -1.51. The number of benzene rings is 1. The minimum absolute atomic E-state index is 0.0976. The summed E-state index contributed by atoms with van der Waals surface area (Å²) in [6, 6.07) is 6.47. The third-order valence-electron chi connectivity index (χ3n) is 1.98. The van der Waals surface area contributed by atoms with Gasteiger partial charge in [-0.1, -0.05) is 26.0 Å². The Morgan fingerprint density at radius 2 is 2.00 bits per heavy atom. The predicted molar refractivity (Wildman–Crippen MR) is 57.1 cm³/mol. The van der Waals surface area contributed by atoms with Crippen LogP contribution in [-0.2, 0) is 4.79 Å². The van der Waals surface area contributed by atoms with Crippen molar-refractivity contribution in [2.24, 2.45) is 5.92 Å². The summed E-state index contributed by atoms with van der Waals surface area (Å²) in [5.41, 5.74) is 0.927. The molecule has 0 spiro atoms. The number of aliphatic hydroxyl groups is 2. The van der Waals surface area contributed by atoms with Crippen molar-refractivity contribution in [2.45, 2.75) is 20.1 Å². The first-order valence-electron chi connectivity index (χ1n) is 4.77. The van der Waals surface area contributed by atoms with Crippen molar-refractivity contribution < 1.29 is 15.0 Å². The highest BCUT2D eigenvalue weighted by molar-refractivity contribution is 5.92. The molecule has 0 heterocycles. The number of carbonyl (C=O) groups is 1. The number of aliphatic hydroxyl groups excluding tert-OH is 1. The molecule has 4 heteroatoms. The van der Waals surface area contributed by atoms with Gasteiger partial charge in [0.1, 0.15) is 0 Å². The fourth-order valence-corrected chi connectivity index (χ4v) is 1.06. The highest BCUT2D eigenvalue weighted by Gasteiger charge is 2.08. The second kappa shape index (κ2) is 4.91. The van der Waals surface area contributed by atoms with Gasteiger partial charge in [0.25, 0.3) is 0 Å². The maximum atomic E-state index is 11.4. The molecule has 1 aromatic rings. The summed E-state index contributed by atoms with van der Waals surface area (Å²) in [5, 5.41) is 20.5. The summed E-state index contributed by atoms with van der Waals surface area (Å²) in [6.07, 6.45) is -1.51. The van der Waals surface area contributed by atoms with Crippen LogP contribution in [0.1, 0.15) is 25.7 Å². The topological polar surface area (TPSA) is 69.6 Å². The molecule has 0 unspecified atom stereocenters. The van der Waals surface area contributed by atoms with E-state index in [2.05, 4.69) is 5.32 Å². The third kappa shape index (κ3) is 3.34. The molecule has 82 valence electrons. The maximum absolute atomic E-state index is 11.4. The summed E-state index contributed by atoms with van der Waals surface area (Å²) in [7, 11) is 0. The van der Waals surface area contributed by atoms with Gasteiger partial charge in [-0.25, -0.2) is 0 Å². The van der Waals surface area contributed by atoms with Crippen molar-refractivity contribution in [3.05, 3.63) is 29.8 Å². The molecule has 0 aromatic heterocycles. The number of nitrogens with one attached hydrogen (secondary N) is 1. The van der Waals surface area contributed by atoms with Crippen LogP contribution < -0.4 is 5.32 Å². The van der Waals surface area contributed by atoms with E-state index in [1.165, 1.54) is 6.07 Å². The van der Waals surface area contributed by atoms with Crippen molar-refractivity contribution >= 4 is 11.6 Å². The van der Waals surface area contributed by atoms with Gasteiger partial charge in [0, 0.05) is 17.2 Å². The summed E-state index contributed by atoms with van der Waals surface area (Å²) in [6.45, 7) is 3.58. The number of rotatable bonds is 3. The molecule has 0 saturated heterocycles. The minimum Gasteiger partial charge on any atom is -0.364 e. The first-order chi connectivity index (χ1) is 7.00. The average molecular weight is 209 g/mol. The van der Waals surface area contributed by atoms with Crippen LogP contribution >= 0.6 is 0 Å². The summed E-state index contributed by atoms with van der Waals surface area (Å²) >= 11 is 0. The predicted octanol–water partition coefficient (Wildman–Crippen LogP) is 1.26. The molecule has 0 bridgehead atoms. The van der Waals surface area contributed by atoms with Crippen molar-refractivity contribution in [3.8, 4) is 0 Å². The van der Waals surface area contributed by atoms with E-state index in [1.54, 1.807) is 32.0 Å². The number of amides is 1. The lowest BCUT2D eigenvalue weighted by molar-refractivity contribution is -0.118. The molecule has 0 atom stereocenters. The van der Waals surface area contributed by atoms with Crippen molar-refractivity contribution in [2.75, 3.05) is 5.32 Å². The Kier molecular flexibility index (Phi) is 3.82. The largest absolute Gasteiger partial charge is 0.364 e. The standard InChI is InChI=1S/C11H15NO3/c1-7(2)10(13)12-9-5-3-4-8(6-9)11(14)15/h3-7,11,14-15H,1-2H3,(H,12,13). The molecule has 0 aliphatic carbocycles. The van der Waals surface area contributed by atoms with Crippen molar-refractivity contribution in [1.29, 1.82) is 0 Å². The number of anilines is 1. The molecule has 1 aromatic carbocycles. The van der Waals surface area contributed by atoms with Crippen LogP contribution in [-0.4, -0.2) is 16.1 Å². The average Bonchev–Trinajstić information content (AvgIpc) is 2.18. The highest BCUT2D eigenvalue weighted by Crippen LogP contribution is 2.16. The molecular weight excluding hydrogens is 194 g/mol. The molecule has 0 saturated carbocycles. The van der Waals surface area contributed by atoms with E-state index in [0.29, 0.717) is 11.3 Å². The van der Waals surface area contributed by atoms with Gasteiger partial charge in [-0.2, -0.15) is 0 Å². The SMILES string of the molecule is CC(C)C(=O)Nc1cccc(C(O)O)c1. The van der Waals surface area contributed by atoms with Crippen LogP contribution in [0.3, 0.4) is 0 Å². The van der Waals surface area contributed by atoms with Crippen molar-refractivity contribution in [1.82, 2.24) is 0 Å². The Morgan fingerprint density at radius 3 is 2.53 bits per heavy atom. The zero-order valence-electron chi connectivity index (χ0n) is 8.77. The number of carbonyl (C=O) groups excluding carboxylic acids is 1. The lowest BCUT2D eigenvalue weighted by atomic mass is 10.1. The molecule has 15 heavy (non-hydrogen) atoms. The Labute approximate surface area is 88.6 Å². The van der Waals surface area contributed by atoms with E-state index in [0.717, 1.165) is 0 Å². The van der Waals surface area contributed by atoms with Gasteiger partial charge in [-0.15, -0.1) is 0 Å². The lowest BCUT2D eigenvalue weighted by Gasteiger charge is -2.09. The fourth-order valence-electron chi connectivity index (χ4n) is 1.06. The van der Waals surface area contributed by atoms with E-state index < -0.39 is 6.29 Å². The Hall–Kier alpha value is -1.39. The molecule has 0 aliphatic rings. The molecule has 1 amide bonds. The van der Waals surface area contributed by atoms with Crippen LogP contribution in [0.5, 0.6) is 0 Å². The zero-order valence-corrected chi connectivity index (χ0v) is 8.77. The molecular formula is C11H15NO3. The van der Waals surface area contributed by atoms with Crippen LogP contribution in [0.4, 0.5) is 5.69 Å². The number of hydrogen-bond acceptors (Lipinski definition) is 3. The lowest BCUT2D eigenvalue weighted by Crippen LogP contribution is -2.17. The van der Waals surface area contributed by atoms with Gasteiger partial charge in [0.05, 0.1) is 0 Å². The van der Waals surface area contributed by atoms with Gasteiger partial charge >= 0.3 is 0 Å². The summed E-state index contributed by atoms with van der Waals surface area (Å²) < 4.78 is 0. The van der Waals surface area contributed by atoms with Gasteiger partial charge in [-0.3, -0.25) is 4.79 Å². The van der Waals surface area contributed by atoms with Gasteiger partial charge in [0.15, 0.2) is 6.29 Å².